The molecule has 2 heteroatoms. The van der Waals surface area contributed by atoms with Crippen LogP contribution in [-0.4, -0.2) is 5.11 Å². The third-order valence-electron chi connectivity index (χ3n) is 4.46. The van der Waals surface area contributed by atoms with E-state index < -0.39 is 5.60 Å². The largest absolute Gasteiger partial charge is 0.381 e. The second kappa shape index (κ2) is 5.23. The van der Waals surface area contributed by atoms with Crippen molar-refractivity contribution >= 4 is 11.6 Å². The van der Waals surface area contributed by atoms with Crippen molar-refractivity contribution in [3.8, 4) is 0 Å². The smallest absolute Gasteiger partial charge is 0.112 e. The summed E-state index contributed by atoms with van der Waals surface area (Å²) in [5.74, 6) is 0.726. The zero-order valence-corrected chi connectivity index (χ0v) is 12.4. The molecule has 1 aliphatic rings. The number of aliphatic hydroxyl groups is 1. The van der Waals surface area contributed by atoms with E-state index in [9.17, 15) is 5.11 Å². The van der Waals surface area contributed by atoms with Gasteiger partial charge in [-0.3, -0.25) is 0 Å². The van der Waals surface area contributed by atoms with Crippen molar-refractivity contribution in [2.24, 2.45) is 0 Å². The van der Waals surface area contributed by atoms with E-state index in [2.05, 4.69) is 12.1 Å². The molecule has 0 aromatic heterocycles. The van der Waals surface area contributed by atoms with Gasteiger partial charge in [0.25, 0.3) is 0 Å². The lowest BCUT2D eigenvalue weighted by atomic mass is 9.79. The van der Waals surface area contributed by atoms with Crippen LogP contribution in [0.1, 0.15) is 48.8 Å². The van der Waals surface area contributed by atoms with Crippen LogP contribution in [0.2, 0.25) is 5.02 Å². The first-order valence-corrected chi connectivity index (χ1v) is 7.54. The highest BCUT2D eigenvalue weighted by atomic mass is 35.5. The fourth-order valence-corrected chi connectivity index (χ4v) is 2.89. The van der Waals surface area contributed by atoms with E-state index in [1.54, 1.807) is 0 Å². The molecule has 1 aliphatic carbocycles. The maximum atomic E-state index is 10.8. The monoisotopic (exact) mass is 286 g/mol. The molecule has 0 aliphatic heterocycles. The van der Waals surface area contributed by atoms with E-state index >= 15 is 0 Å². The molecule has 0 bridgehead atoms. The van der Waals surface area contributed by atoms with Crippen molar-refractivity contribution in [1.29, 1.82) is 0 Å². The number of rotatable bonds is 3. The van der Waals surface area contributed by atoms with Gasteiger partial charge in [0.2, 0.25) is 0 Å². The Morgan fingerprint density at radius 3 is 1.90 bits per heavy atom. The first kappa shape index (κ1) is 13.7. The van der Waals surface area contributed by atoms with Crippen LogP contribution in [0.4, 0.5) is 0 Å². The lowest BCUT2D eigenvalue weighted by Crippen LogP contribution is -2.22. The summed E-state index contributed by atoms with van der Waals surface area (Å²) in [7, 11) is 0. The van der Waals surface area contributed by atoms with Gasteiger partial charge in [-0.15, -0.1) is 0 Å². The minimum atomic E-state index is -0.983. The van der Waals surface area contributed by atoms with Crippen molar-refractivity contribution < 1.29 is 5.11 Å². The molecule has 1 nitrogen and oxygen atoms in total. The molecule has 0 saturated heterocycles. The Labute approximate surface area is 125 Å². The lowest BCUT2D eigenvalue weighted by molar-refractivity contribution is 0.102. The second-order valence-electron chi connectivity index (χ2n) is 5.83. The predicted octanol–water partition coefficient (Wildman–Crippen LogP) is 4.86. The van der Waals surface area contributed by atoms with E-state index in [-0.39, 0.29) is 0 Å². The van der Waals surface area contributed by atoms with Gasteiger partial charge >= 0.3 is 0 Å². The average Bonchev–Trinajstić information content (AvgIpc) is 2.38. The summed E-state index contributed by atoms with van der Waals surface area (Å²) in [5.41, 5.74) is 2.19. The van der Waals surface area contributed by atoms with E-state index in [4.69, 9.17) is 11.6 Å². The fraction of sp³-hybridized carbons (Fsp3) is 0.333. The van der Waals surface area contributed by atoms with Crippen LogP contribution in [0, 0.1) is 0 Å². The van der Waals surface area contributed by atoms with Crippen LogP contribution in [-0.2, 0) is 5.60 Å². The molecular formula is C18H19ClO. The molecule has 3 rings (SSSR count). The van der Waals surface area contributed by atoms with E-state index in [1.807, 2.05) is 43.3 Å². The van der Waals surface area contributed by atoms with Gasteiger partial charge in [0, 0.05) is 5.02 Å². The molecule has 1 saturated carbocycles. The van der Waals surface area contributed by atoms with Crippen molar-refractivity contribution in [2.45, 2.75) is 37.7 Å². The molecule has 1 unspecified atom stereocenters. The summed E-state index contributed by atoms with van der Waals surface area (Å²) >= 11 is 5.90. The first-order valence-electron chi connectivity index (χ1n) is 7.16. The maximum absolute atomic E-state index is 10.8. The van der Waals surface area contributed by atoms with Crippen LogP contribution >= 0.6 is 11.6 Å². The standard InChI is InChI=1S/C18H19ClO/c1-18(20,16-9-11-17(19)12-10-16)15-7-5-14(6-8-15)13-3-2-4-13/h5-13,20H,2-4H2,1H3. The van der Waals surface area contributed by atoms with Crippen LogP contribution in [0.5, 0.6) is 0 Å². The number of benzene rings is 2. The minimum absolute atomic E-state index is 0.685. The Hall–Kier alpha value is -1.31. The lowest BCUT2D eigenvalue weighted by Gasteiger charge is -2.28. The molecule has 0 amide bonds. The molecule has 1 N–H and O–H groups in total. The zero-order valence-electron chi connectivity index (χ0n) is 11.6. The quantitative estimate of drug-likeness (QED) is 0.854. The summed E-state index contributed by atoms with van der Waals surface area (Å²) in [4.78, 5) is 0. The van der Waals surface area contributed by atoms with Gasteiger partial charge in [-0.25, -0.2) is 0 Å². The summed E-state index contributed by atoms with van der Waals surface area (Å²) in [6.07, 6.45) is 3.94. The first-order chi connectivity index (χ1) is 9.57. The van der Waals surface area contributed by atoms with Crippen molar-refractivity contribution in [2.75, 3.05) is 0 Å². The summed E-state index contributed by atoms with van der Waals surface area (Å²) < 4.78 is 0. The van der Waals surface area contributed by atoms with Crippen molar-refractivity contribution in [3.63, 3.8) is 0 Å². The van der Waals surface area contributed by atoms with Gasteiger partial charge in [0.05, 0.1) is 0 Å². The molecule has 2 aromatic carbocycles. The zero-order chi connectivity index (χ0) is 14.2. The third kappa shape index (κ3) is 2.48. The number of hydrogen-bond acceptors (Lipinski definition) is 1. The molecular weight excluding hydrogens is 268 g/mol. The van der Waals surface area contributed by atoms with Gasteiger partial charge in [0.15, 0.2) is 0 Å². The molecule has 2 aromatic rings. The van der Waals surface area contributed by atoms with E-state index in [1.165, 1.54) is 24.8 Å². The van der Waals surface area contributed by atoms with Gasteiger partial charge in [-0.05, 0) is 54.5 Å². The highest BCUT2D eigenvalue weighted by molar-refractivity contribution is 6.30. The van der Waals surface area contributed by atoms with Gasteiger partial charge in [-0.2, -0.15) is 0 Å². The normalized spacial score (nSPS) is 18.4. The Bertz CT molecular complexity index is 580. The molecule has 1 atom stereocenters. The van der Waals surface area contributed by atoms with Crippen LogP contribution in [0.15, 0.2) is 48.5 Å². The topological polar surface area (TPSA) is 20.2 Å². The molecule has 0 radical (unpaired) electrons. The highest BCUT2D eigenvalue weighted by Gasteiger charge is 2.26. The van der Waals surface area contributed by atoms with E-state index in [0.717, 1.165) is 17.0 Å². The van der Waals surface area contributed by atoms with Gasteiger partial charge in [0.1, 0.15) is 5.60 Å². The Balaban J connectivity index is 1.88. The summed E-state index contributed by atoms with van der Waals surface area (Å²) in [6, 6.07) is 15.8. The molecule has 1 fully saturated rings. The molecule has 0 heterocycles. The van der Waals surface area contributed by atoms with Crippen LogP contribution in [0.25, 0.3) is 0 Å². The van der Waals surface area contributed by atoms with Gasteiger partial charge < -0.3 is 5.11 Å². The Morgan fingerprint density at radius 2 is 1.45 bits per heavy atom. The number of halogens is 1. The van der Waals surface area contributed by atoms with Gasteiger partial charge in [-0.1, -0.05) is 54.4 Å². The summed E-state index contributed by atoms with van der Waals surface area (Å²) in [6.45, 7) is 1.83. The minimum Gasteiger partial charge on any atom is -0.381 e. The van der Waals surface area contributed by atoms with Crippen molar-refractivity contribution in [1.82, 2.24) is 0 Å². The highest BCUT2D eigenvalue weighted by Crippen LogP contribution is 2.37. The van der Waals surface area contributed by atoms with Crippen LogP contribution < -0.4 is 0 Å². The molecule has 0 spiro atoms. The maximum Gasteiger partial charge on any atom is 0.112 e. The Kier molecular flexibility index (Phi) is 3.57. The van der Waals surface area contributed by atoms with Crippen molar-refractivity contribution in [3.05, 3.63) is 70.2 Å². The third-order valence-corrected chi connectivity index (χ3v) is 4.71. The second-order valence-corrected chi connectivity index (χ2v) is 6.27. The average molecular weight is 287 g/mol. The summed E-state index contributed by atoms with van der Waals surface area (Å²) in [5, 5.41) is 11.5. The van der Waals surface area contributed by atoms with Crippen LogP contribution in [0.3, 0.4) is 0 Å². The SMILES string of the molecule is CC(O)(c1ccc(Cl)cc1)c1ccc(C2CCC2)cc1. The Morgan fingerprint density at radius 1 is 0.950 bits per heavy atom. The predicted molar refractivity (Wildman–Crippen MR) is 83.2 cm³/mol. The van der Waals surface area contributed by atoms with E-state index in [0.29, 0.717) is 5.02 Å². The molecule has 104 valence electrons. The number of hydrogen-bond donors (Lipinski definition) is 1. The molecule has 20 heavy (non-hydrogen) atoms. The fourth-order valence-electron chi connectivity index (χ4n) is 2.76.